The smallest absolute Gasteiger partial charge is 0.224 e. The summed E-state index contributed by atoms with van der Waals surface area (Å²) >= 11 is 0. The molecular formula is C15H18N2O3S. The first kappa shape index (κ1) is 15.5. The van der Waals surface area contributed by atoms with Crippen molar-refractivity contribution in [3.05, 3.63) is 48.0 Å². The summed E-state index contributed by atoms with van der Waals surface area (Å²) in [5.41, 5.74) is 0.956. The molecule has 0 bridgehead atoms. The third-order valence-corrected chi connectivity index (χ3v) is 4.02. The summed E-state index contributed by atoms with van der Waals surface area (Å²) in [6.45, 7) is 0.306. The zero-order valence-electron chi connectivity index (χ0n) is 11.6. The molecule has 0 radical (unpaired) electrons. The SMILES string of the molecule is NS(=O)(=O)CCCNC(=O)Cc1cccc2ccccc12. The Hall–Kier alpha value is -1.92. The van der Waals surface area contributed by atoms with Crippen molar-refractivity contribution in [3.8, 4) is 0 Å². The third kappa shape index (κ3) is 4.84. The van der Waals surface area contributed by atoms with Crippen molar-refractivity contribution < 1.29 is 13.2 Å². The molecule has 0 atom stereocenters. The van der Waals surface area contributed by atoms with Gasteiger partial charge in [-0.05, 0) is 22.8 Å². The molecular weight excluding hydrogens is 288 g/mol. The van der Waals surface area contributed by atoms with Gasteiger partial charge in [0.15, 0.2) is 0 Å². The number of fused-ring (bicyclic) bond motifs is 1. The largest absolute Gasteiger partial charge is 0.356 e. The molecule has 0 heterocycles. The molecule has 5 nitrogen and oxygen atoms in total. The number of carbonyl (C=O) groups excluding carboxylic acids is 1. The predicted octanol–water partition coefficient (Wildman–Crippen LogP) is 1.18. The Morgan fingerprint density at radius 2 is 1.81 bits per heavy atom. The van der Waals surface area contributed by atoms with Gasteiger partial charge < -0.3 is 5.32 Å². The fourth-order valence-corrected chi connectivity index (χ4v) is 2.73. The first-order chi connectivity index (χ1) is 9.96. The van der Waals surface area contributed by atoms with Crippen LogP contribution in [0.15, 0.2) is 42.5 Å². The summed E-state index contributed by atoms with van der Waals surface area (Å²) in [6, 6.07) is 13.7. The molecule has 112 valence electrons. The van der Waals surface area contributed by atoms with Crippen LogP contribution in [-0.2, 0) is 21.2 Å². The molecule has 2 aromatic carbocycles. The van der Waals surface area contributed by atoms with Gasteiger partial charge in [0.05, 0.1) is 12.2 Å². The lowest BCUT2D eigenvalue weighted by Crippen LogP contribution is -2.28. The summed E-state index contributed by atoms with van der Waals surface area (Å²) in [7, 11) is -3.46. The van der Waals surface area contributed by atoms with E-state index in [0.29, 0.717) is 13.0 Å². The first-order valence-electron chi connectivity index (χ1n) is 6.69. The van der Waals surface area contributed by atoms with Gasteiger partial charge in [-0.3, -0.25) is 4.79 Å². The van der Waals surface area contributed by atoms with E-state index in [4.69, 9.17) is 5.14 Å². The highest BCUT2D eigenvalue weighted by molar-refractivity contribution is 7.89. The quantitative estimate of drug-likeness (QED) is 0.785. The summed E-state index contributed by atoms with van der Waals surface area (Å²) in [5, 5.41) is 9.76. The summed E-state index contributed by atoms with van der Waals surface area (Å²) in [5.74, 6) is -0.248. The van der Waals surface area contributed by atoms with Crippen LogP contribution in [0.4, 0.5) is 0 Å². The van der Waals surface area contributed by atoms with E-state index in [2.05, 4.69) is 5.32 Å². The Labute approximate surface area is 124 Å². The Kier molecular flexibility index (Phi) is 4.93. The Morgan fingerprint density at radius 1 is 1.10 bits per heavy atom. The number of primary sulfonamides is 1. The molecule has 0 spiro atoms. The number of nitrogens with one attached hydrogen (secondary N) is 1. The van der Waals surface area contributed by atoms with E-state index in [0.717, 1.165) is 16.3 Å². The third-order valence-electron chi connectivity index (χ3n) is 3.16. The minimum atomic E-state index is -3.46. The molecule has 21 heavy (non-hydrogen) atoms. The van der Waals surface area contributed by atoms with E-state index in [1.165, 1.54) is 0 Å². The van der Waals surface area contributed by atoms with Crippen molar-refractivity contribution in [1.29, 1.82) is 0 Å². The maximum Gasteiger partial charge on any atom is 0.224 e. The van der Waals surface area contributed by atoms with Gasteiger partial charge in [0.25, 0.3) is 0 Å². The standard InChI is InChI=1S/C15H18N2O3S/c16-21(19,20)10-4-9-17-15(18)11-13-7-3-6-12-5-1-2-8-14(12)13/h1-3,5-8H,4,9-11H2,(H,17,18)(H2,16,19,20). The molecule has 0 aliphatic heterocycles. The van der Waals surface area contributed by atoms with Gasteiger partial charge in [0, 0.05) is 6.54 Å². The Balaban J connectivity index is 1.93. The number of carbonyl (C=O) groups is 1. The van der Waals surface area contributed by atoms with Crippen LogP contribution in [0.1, 0.15) is 12.0 Å². The lowest BCUT2D eigenvalue weighted by Gasteiger charge is -2.07. The molecule has 3 N–H and O–H groups in total. The van der Waals surface area contributed by atoms with Crippen LogP contribution in [0.25, 0.3) is 10.8 Å². The van der Waals surface area contributed by atoms with Crippen molar-refractivity contribution in [2.45, 2.75) is 12.8 Å². The van der Waals surface area contributed by atoms with Crippen LogP contribution in [0, 0.1) is 0 Å². The highest BCUT2D eigenvalue weighted by Crippen LogP contribution is 2.18. The number of nitrogens with two attached hydrogens (primary N) is 1. The van der Waals surface area contributed by atoms with Gasteiger partial charge in [-0.15, -0.1) is 0 Å². The molecule has 0 aromatic heterocycles. The fraction of sp³-hybridized carbons (Fsp3) is 0.267. The minimum Gasteiger partial charge on any atom is -0.356 e. The lowest BCUT2D eigenvalue weighted by atomic mass is 10.0. The lowest BCUT2D eigenvalue weighted by molar-refractivity contribution is -0.120. The summed E-state index contributed by atoms with van der Waals surface area (Å²) < 4.78 is 21.6. The van der Waals surface area contributed by atoms with Crippen LogP contribution in [0.5, 0.6) is 0 Å². The molecule has 1 amide bonds. The van der Waals surface area contributed by atoms with Crippen LogP contribution < -0.4 is 10.5 Å². The van der Waals surface area contributed by atoms with Gasteiger partial charge in [-0.1, -0.05) is 42.5 Å². The molecule has 0 saturated heterocycles. The zero-order valence-corrected chi connectivity index (χ0v) is 12.4. The van der Waals surface area contributed by atoms with Gasteiger partial charge in [0.2, 0.25) is 15.9 Å². The summed E-state index contributed by atoms with van der Waals surface area (Å²) in [4.78, 5) is 11.9. The number of hydrogen-bond donors (Lipinski definition) is 2. The van der Waals surface area contributed by atoms with Gasteiger partial charge in [-0.2, -0.15) is 0 Å². The second kappa shape index (κ2) is 6.69. The monoisotopic (exact) mass is 306 g/mol. The average Bonchev–Trinajstić information content (AvgIpc) is 2.43. The van der Waals surface area contributed by atoms with E-state index >= 15 is 0 Å². The van der Waals surface area contributed by atoms with Crippen molar-refractivity contribution in [2.75, 3.05) is 12.3 Å². The van der Waals surface area contributed by atoms with E-state index in [1.807, 2.05) is 42.5 Å². The Morgan fingerprint density at radius 3 is 2.57 bits per heavy atom. The summed E-state index contributed by atoms with van der Waals surface area (Å²) in [6.07, 6.45) is 0.594. The highest BCUT2D eigenvalue weighted by Gasteiger charge is 2.07. The zero-order chi connectivity index (χ0) is 15.3. The second-order valence-corrected chi connectivity index (χ2v) is 6.62. The highest BCUT2D eigenvalue weighted by atomic mass is 32.2. The maximum absolute atomic E-state index is 11.9. The number of amides is 1. The maximum atomic E-state index is 11.9. The number of benzene rings is 2. The molecule has 2 rings (SSSR count). The van der Waals surface area contributed by atoms with E-state index in [1.54, 1.807) is 0 Å². The van der Waals surface area contributed by atoms with Crippen LogP contribution in [-0.4, -0.2) is 26.6 Å². The Bertz CT molecular complexity index is 736. The molecule has 0 saturated carbocycles. The molecule has 2 aromatic rings. The topological polar surface area (TPSA) is 89.3 Å². The normalized spacial score (nSPS) is 11.5. The molecule has 0 aliphatic rings. The van der Waals surface area contributed by atoms with Gasteiger partial charge >= 0.3 is 0 Å². The number of hydrogen-bond acceptors (Lipinski definition) is 3. The fourth-order valence-electron chi connectivity index (χ4n) is 2.18. The van der Waals surface area contributed by atoms with Crippen molar-refractivity contribution in [2.24, 2.45) is 5.14 Å². The van der Waals surface area contributed by atoms with Crippen LogP contribution >= 0.6 is 0 Å². The van der Waals surface area contributed by atoms with Crippen molar-refractivity contribution >= 4 is 26.7 Å². The minimum absolute atomic E-state index is 0.123. The first-order valence-corrected chi connectivity index (χ1v) is 8.41. The second-order valence-electron chi connectivity index (χ2n) is 4.89. The van der Waals surface area contributed by atoms with Crippen molar-refractivity contribution in [1.82, 2.24) is 5.32 Å². The molecule has 0 fully saturated rings. The number of rotatable bonds is 6. The van der Waals surface area contributed by atoms with Crippen molar-refractivity contribution in [3.63, 3.8) is 0 Å². The van der Waals surface area contributed by atoms with E-state index in [-0.39, 0.29) is 18.1 Å². The van der Waals surface area contributed by atoms with Crippen LogP contribution in [0.3, 0.4) is 0 Å². The molecule has 6 heteroatoms. The number of sulfonamides is 1. The van der Waals surface area contributed by atoms with E-state index < -0.39 is 10.0 Å². The van der Waals surface area contributed by atoms with Gasteiger partial charge in [-0.25, -0.2) is 13.6 Å². The molecule has 0 unspecified atom stereocenters. The average molecular weight is 306 g/mol. The molecule has 0 aliphatic carbocycles. The van der Waals surface area contributed by atoms with Gasteiger partial charge in [0.1, 0.15) is 0 Å². The predicted molar refractivity (Wildman–Crippen MR) is 83.3 cm³/mol. The van der Waals surface area contributed by atoms with E-state index in [9.17, 15) is 13.2 Å². The van der Waals surface area contributed by atoms with Crippen LogP contribution in [0.2, 0.25) is 0 Å².